The highest BCUT2D eigenvalue weighted by molar-refractivity contribution is 5.95. The van der Waals surface area contributed by atoms with Crippen LogP contribution >= 0.6 is 0 Å². The summed E-state index contributed by atoms with van der Waals surface area (Å²) in [5.74, 6) is 0.0114. The molecule has 0 aliphatic carbocycles. The van der Waals surface area contributed by atoms with Gasteiger partial charge in [-0.25, -0.2) is 0 Å². The number of amides is 1. The summed E-state index contributed by atoms with van der Waals surface area (Å²) < 4.78 is 0. The second-order valence-corrected chi connectivity index (χ2v) is 7.03. The zero-order valence-electron chi connectivity index (χ0n) is 15.0. The number of para-hydroxylation sites is 1. The molecule has 3 aromatic rings. The Morgan fingerprint density at radius 3 is 2.46 bits per heavy atom. The van der Waals surface area contributed by atoms with Crippen LogP contribution in [-0.4, -0.2) is 24.0 Å². The molecule has 26 heavy (non-hydrogen) atoms. The molecule has 2 N–H and O–H groups in total. The van der Waals surface area contributed by atoms with Crippen molar-refractivity contribution in [3.05, 3.63) is 60.3 Å². The van der Waals surface area contributed by atoms with E-state index in [0.29, 0.717) is 6.42 Å². The van der Waals surface area contributed by atoms with E-state index in [0.717, 1.165) is 35.2 Å². The third kappa shape index (κ3) is 3.74. The van der Waals surface area contributed by atoms with Gasteiger partial charge in [0.2, 0.25) is 5.91 Å². The van der Waals surface area contributed by atoms with Gasteiger partial charge in [0.1, 0.15) is 0 Å². The van der Waals surface area contributed by atoms with E-state index in [1.807, 2.05) is 42.6 Å². The zero-order valence-corrected chi connectivity index (χ0v) is 15.0. The van der Waals surface area contributed by atoms with Crippen LogP contribution in [-0.2, 0) is 11.2 Å². The van der Waals surface area contributed by atoms with E-state index in [9.17, 15) is 4.79 Å². The van der Waals surface area contributed by atoms with Crippen LogP contribution < -0.4 is 10.2 Å². The molecule has 134 valence electrons. The van der Waals surface area contributed by atoms with Gasteiger partial charge in [0.05, 0.1) is 6.42 Å². The highest BCUT2D eigenvalue weighted by Crippen LogP contribution is 2.22. The summed E-state index contributed by atoms with van der Waals surface area (Å²) in [6.07, 6.45) is 7.49. The first-order valence-corrected chi connectivity index (χ1v) is 9.49. The molecule has 4 rings (SSSR count). The lowest BCUT2D eigenvalue weighted by Gasteiger charge is -2.22. The number of rotatable bonds is 4. The molecule has 1 amide bonds. The number of H-pyrrole nitrogens is 1. The Bertz CT molecular complexity index is 874. The van der Waals surface area contributed by atoms with Gasteiger partial charge in [-0.2, -0.15) is 0 Å². The van der Waals surface area contributed by atoms with E-state index in [-0.39, 0.29) is 5.91 Å². The Kier molecular flexibility index (Phi) is 4.91. The van der Waals surface area contributed by atoms with E-state index < -0.39 is 0 Å². The lowest BCUT2D eigenvalue weighted by Crippen LogP contribution is -2.23. The second-order valence-electron chi connectivity index (χ2n) is 7.03. The maximum absolute atomic E-state index is 12.4. The molecule has 0 unspecified atom stereocenters. The average Bonchev–Trinajstić information content (AvgIpc) is 2.88. The predicted octanol–water partition coefficient (Wildman–Crippen LogP) is 4.73. The number of aromatic amines is 1. The number of benzene rings is 2. The van der Waals surface area contributed by atoms with Crippen LogP contribution in [0.2, 0.25) is 0 Å². The van der Waals surface area contributed by atoms with Gasteiger partial charge in [-0.15, -0.1) is 0 Å². The molecule has 1 aromatic heterocycles. The van der Waals surface area contributed by atoms with Crippen molar-refractivity contribution in [1.29, 1.82) is 0 Å². The van der Waals surface area contributed by atoms with Crippen LogP contribution in [0, 0.1) is 0 Å². The molecule has 4 heteroatoms. The summed E-state index contributed by atoms with van der Waals surface area (Å²) in [6.45, 7) is 2.26. The van der Waals surface area contributed by atoms with Gasteiger partial charge in [-0.05, 0) is 48.7 Å². The fourth-order valence-electron chi connectivity index (χ4n) is 3.74. The van der Waals surface area contributed by atoms with Gasteiger partial charge >= 0.3 is 0 Å². The topological polar surface area (TPSA) is 48.1 Å². The minimum atomic E-state index is 0.0114. The third-order valence-corrected chi connectivity index (χ3v) is 5.15. The molecule has 0 spiro atoms. The van der Waals surface area contributed by atoms with E-state index in [1.165, 1.54) is 31.4 Å². The SMILES string of the molecule is O=C(Cc1c[nH]c2ccccc12)Nc1ccc(N2CCCCCC2)cc1. The highest BCUT2D eigenvalue weighted by Gasteiger charge is 2.11. The monoisotopic (exact) mass is 347 g/mol. The first kappa shape index (κ1) is 16.7. The molecule has 4 nitrogen and oxygen atoms in total. The maximum atomic E-state index is 12.4. The van der Waals surface area contributed by atoms with E-state index in [4.69, 9.17) is 0 Å². The number of carbonyl (C=O) groups is 1. The van der Waals surface area contributed by atoms with E-state index >= 15 is 0 Å². The second kappa shape index (κ2) is 7.65. The van der Waals surface area contributed by atoms with Crippen molar-refractivity contribution in [1.82, 2.24) is 4.98 Å². The van der Waals surface area contributed by atoms with Crippen molar-refractivity contribution in [2.24, 2.45) is 0 Å². The molecule has 0 saturated carbocycles. The average molecular weight is 347 g/mol. The van der Waals surface area contributed by atoms with Gasteiger partial charge in [-0.3, -0.25) is 4.79 Å². The molecule has 1 aliphatic heterocycles. The molecule has 1 aliphatic rings. The molecular formula is C22H25N3O. The van der Waals surface area contributed by atoms with Gasteiger partial charge in [0.25, 0.3) is 0 Å². The van der Waals surface area contributed by atoms with Crippen molar-refractivity contribution < 1.29 is 4.79 Å². The van der Waals surface area contributed by atoms with Crippen molar-refractivity contribution in [2.45, 2.75) is 32.1 Å². The number of hydrogen-bond donors (Lipinski definition) is 2. The van der Waals surface area contributed by atoms with Crippen molar-refractivity contribution in [2.75, 3.05) is 23.3 Å². The summed E-state index contributed by atoms with van der Waals surface area (Å²) in [5, 5.41) is 4.13. The molecule has 2 aromatic carbocycles. The Labute approximate surface area is 154 Å². The summed E-state index contributed by atoms with van der Waals surface area (Å²) in [6, 6.07) is 16.3. The first-order valence-electron chi connectivity index (χ1n) is 9.49. The lowest BCUT2D eigenvalue weighted by molar-refractivity contribution is -0.115. The molecule has 1 saturated heterocycles. The number of fused-ring (bicyclic) bond motifs is 1. The number of aromatic nitrogens is 1. The minimum Gasteiger partial charge on any atom is -0.372 e. The molecular weight excluding hydrogens is 322 g/mol. The fourth-order valence-corrected chi connectivity index (χ4v) is 3.74. The molecule has 0 radical (unpaired) electrons. The van der Waals surface area contributed by atoms with E-state index in [2.05, 4.69) is 27.3 Å². The molecule has 1 fully saturated rings. The van der Waals surface area contributed by atoms with Gasteiger partial charge in [0, 0.05) is 41.6 Å². The summed E-state index contributed by atoms with van der Waals surface area (Å²) in [7, 11) is 0. The Hall–Kier alpha value is -2.75. The van der Waals surface area contributed by atoms with Crippen molar-refractivity contribution in [3.8, 4) is 0 Å². The first-order chi connectivity index (χ1) is 12.8. The smallest absolute Gasteiger partial charge is 0.228 e. The largest absolute Gasteiger partial charge is 0.372 e. The van der Waals surface area contributed by atoms with Crippen LogP contribution in [0.1, 0.15) is 31.2 Å². The number of carbonyl (C=O) groups excluding carboxylic acids is 1. The minimum absolute atomic E-state index is 0.0114. The van der Waals surface area contributed by atoms with Crippen molar-refractivity contribution in [3.63, 3.8) is 0 Å². The Morgan fingerprint density at radius 1 is 0.962 bits per heavy atom. The predicted molar refractivity (Wildman–Crippen MR) is 108 cm³/mol. The standard InChI is InChI=1S/C22H25N3O/c26-22(15-17-16-23-21-8-4-3-7-20(17)21)24-18-9-11-19(12-10-18)25-13-5-1-2-6-14-25/h3-4,7-12,16,23H,1-2,5-6,13-15H2,(H,24,26). The summed E-state index contributed by atoms with van der Waals surface area (Å²) >= 11 is 0. The molecule has 2 heterocycles. The summed E-state index contributed by atoms with van der Waals surface area (Å²) in [5.41, 5.74) is 4.20. The number of hydrogen-bond acceptors (Lipinski definition) is 2. The number of nitrogens with one attached hydrogen (secondary N) is 2. The number of anilines is 2. The van der Waals surface area contributed by atoms with Crippen molar-refractivity contribution >= 4 is 28.2 Å². The normalized spacial score (nSPS) is 15.0. The quantitative estimate of drug-likeness (QED) is 0.717. The van der Waals surface area contributed by atoms with Gasteiger partial charge in [-0.1, -0.05) is 31.0 Å². The van der Waals surface area contributed by atoms with Gasteiger partial charge in [0.15, 0.2) is 0 Å². The maximum Gasteiger partial charge on any atom is 0.228 e. The van der Waals surface area contributed by atoms with E-state index in [1.54, 1.807) is 0 Å². The van der Waals surface area contributed by atoms with Gasteiger partial charge < -0.3 is 15.2 Å². The lowest BCUT2D eigenvalue weighted by atomic mass is 10.1. The fraction of sp³-hybridized carbons (Fsp3) is 0.318. The Morgan fingerprint density at radius 2 is 1.69 bits per heavy atom. The van der Waals surface area contributed by atoms with Crippen LogP contribution in [0.3, 0.4) is 0 Å². The Balaban J connectivity index is 1.39. The third-order valence-electron chi connectivity index (χ3n) is 5.15. The highest BCUT2D eigenvalue weighted by atomic mass is 16.1. The zero-order chi connectivity index (χ0) is 17.8. The number of nitrogens with zero attached hydrogens (tertiary/aromatic N) is 1. The van der Waals surface area contributed by atoms with Crippen LogP contribution in [0.25, 0.3) is 10.9 Å². The summed E-state index contributed by atoms with van der Waals surface area (Å²) in [4.78, 5) is 18.1. The van der Waals surface area contributed by atoms with Crippen LogP contribution in [0.4, 0.5) is 11.4 Å². The molecule has 0 atom stereocenters. The van der Waals surface area contributed by atoms with Crippen LogP contribution in [0.5, 0.6) is 0 Å². The molecule has 0 bridgehead atoms. The van der Waals surface area contributed by atoms with Crippen LogP contribution in [0.15, 0.2) is 54.7 Å².